The minimum Gasteiger partial charge on any atom is -0.492 e. The molecule has 6 nitrogen and oxygen atoms in total. The fraction of sp³-hybridized carbons (Fsp3) is 0.435. The Hall–Kier alpha value is -2.73. The summed E-state index contributed by atoms with van der Waals surface area (Å²) in [6, 6.07) is 15.7. The minimum atomic E-state index is -0.238. The first-order valence-corrected chi connectivity index (χ1v) is 10.1. The van der Waals surface area contributed by atoms with Crippen LogP contribution in [0.4, 0.5) is 16.2 Å². The SMILES string of the molecule is CC(C)(C)c1cccc(OCCNC(=O)Nc2ccccc2N2CCOCC2)c1. The lowest BCUT2D eigenvalue weighted by Crippen LogP contribution is -2.37. The topological polar surface area (TPSA) is 62.8 Å². The molecule has 2 N–H and O–H groups in total. The first-order valence-electron chi connectivity index (χ1n) is 10.1. The van der Waals surface area contributed by atoms with Gasteiger partial charge >= 0.3 is 6.03 Å². The number of ether oxygens (including phenoxy) is 2. The van der Waals surface area contributed by atoms with Crippen LogP contribution in [-0.2, 0) is 10.2 Å². The second-order valence-corrected chi connectivity index (χ2v) is 8.12. The zero-order valence-corrected chi connectivity index (χ0v) is 17.5. The van der Waals surface area contributed by atoms with Gasteiger partial charge in [-0.3, -0.25) is 0 Å². The van der Waals surface area contributed by atoms with Gasteiger partial charge in [-0.2, -0.15) is 0 Å². The number of rotatable bonds is 6. The largest absolute Gasteiger partial charge is 0.492 e. The van der Waals surface area contributed by atoms with Crippen molar-refractivity contribution >= 4 is 17.4 Å². The zero-order valence-electron chi connectivity index (χ0n) is 17.5. The fourth-order valence-corrected chi connectivity index (χ4v) is 3.21. The van der Waals surface area contributed by atoms with Gasteiger partial charge in [0.05, 0.1) is 31.1 Å². The van der Waals surface area contributed by atoms with Crippen molar-refractivity contribution in [1.29, 1.82) is 0 Å². The van der Waals surface area contributed by atoms with Gasteiger partial charge in [-0.15, -0.1) is 0 Å². The standard InChI is InChI=1S/C23H31N3O3/c1-23(2,3)18-7-6-8-19(17-18)29-14-11-24-22(27)25-20-9-4-5-10-21(20)26-12-15-28-16-13-26/h4-10,17H,11-16H2,1-3H3,(H2,24,25,27). The van der Waals surface area contributed by atoms with Crippen molar-refractivity contribution in [3.8, 4) is 5.75 Å². The summed E-state index contributed by atoms with van der Waals surface area (Å²) in [5.41, 5.74) is 3.11. The summed E-state index contributed by atoms with van der Waals surface area (Å²) in [4.78, 5) is 14.6. The van der Waals surface area contributed by atoms with E-state index in [1.807, 2.05) is 36.4 Å². The van der Waals surface area contributed by atoms with Crippen LogP contribution in [0.5, 0.6) is 5.75 Å². The lowest BCUT2D eigenvalue weighted by Gasteiger charge is -2.30. The van der Waals surface area contributed by atoms with Gasteiger partial charge in [0.1, 0.15) is 12.4 Å². The number of carbonyl (C=O) groups excluding carboxylic acids is 1. The number of hydrogen-bond acceptors (Lipinski definition) is 4. The molecule has 0 radical (unpaired) electrons. The first kappa shape index (κ1) is 21.0. The van der Waals surface area contributed by atoms with Crippen molar-refractivity contribution in [2.45, 2.75) is 26.2 Å². The third-order valence-electron chi connectivity index (χ3n) is 4.86. The Labute approximate surface area is 173 Å². The van der Waals surface area contributed by atoms with Gasteiger partial charge in [0, 0.05) is 13.1 Å². The van der Waals surface area contributed by atoms with Crippen molar-refractivity contribution in [2.24, 2.45) is 0 Å². The van der Waals surface area contributed by atoms with Crippen LogP contribution in [0.15, 0.2) is 48.5 Å². The molecular weight excluding hydrogens is 366 g/mol. The van der Waals surface area contributed by atoms with E-state index in [1.165, 1.54) is 5.56 Å². The maximum atomic E-state index is 12.3. The summed E-state index contributed by atoms with van der Waals surface area (Å²) in [7, 11) is 0. The van der Waals surface area contributed by atoms with Gasteiger partial charge in [0.25, 0.3) is 0 Å². The third kappa shape index (κ3) is 6.12. The maximum Gasteiger partial charge on any atom is 0.319 e. The third-order valence-corrected chi connectivity index (χ3v) is 4.86. The fourth-order valence-electron chi connectivity index (χ4n) is 3.21. The summed E-state index contributed by atoms with van der Waals surface area (Å²) in [6.07, 6.45) is 0. The van der Waals surface area contributed by atoms with Crippen LogP contribution in [0.2, 0.25) is 0 Å². The molecule has 0 aliphatic carbocycles. The summed E-state index contributed by atoms with van der Waals surface area (Å²) in [5.74, 6) is 0.817. The second kappa shape index (κ2) is 9.65. The van der Waals surface area contributed by atoms with E-state index in [1.54, 1.807) is 0 Å². The number of morpholine rings is 1. The van der Waals surface area contributed by atoms with Gasteiger partial charge in [0.2, 0.25) is 0 Å². The molecule has 1 aliphatic rings. The molecule has 6 heteroatoms. The Morgan fingerprint density at radius 1 is 1.10 bits per heavy atom. The van der Waals surface area contributed by atoms with Crippen molar-refractivity contribution in [1.82, 2.24) is 5.32 Å². The van der Waals surface area contributed by atoms with E-state index < -0.39 is 0 Å². The molecule has 0 aromatic heterocycles. The average Bonchev–Trinajstić information content (AvgIpc) is 2.72. The van der Waals surface area contributed by atoms with E-state index in [9.17, 15) is 4.79 Å². The zero-order chi connectivity index (χ0) is 20.7. The summed E-state index contributed by atoms with van der Waals surface area (Å²) < 4.78 is 11.2. The van der Waals surface area contributed by atoms with E-state index in [4.69, 9.17) is 9.47 Å². The normalized spacial score (nSPS) is 14.4. The van der Waals surface area contributed by atoms with Crippen LogP contribution < -0.4 is 20.3 Å². The average molecular weight is 398 g/mol. The highest BCUT2D eigenvalue weighted by Gasteiger charge is 2.16. The highest BCUT2D eigenvalue weighted by atomic mass is 16.5. The number of nitrogens with one attached hydrogen (secondary N) is 2. The number of anilines is 2. The van der Waals surface area contributed by atoms with E-state index in [0.717, 1.165) is 30.2 Å². The Kier molecular flexibility index (Phi) is 6.99. The predicted octanol–water partition coefficient (Wildman–Crippen LogP) is 4.02. The van der Waals surface area contributed by atoms with E-state index >= 15 is 0 Å². The molecule has 2 aromatic rings. The van der Waals surface area contributed by atoms with Crippen molar-refractivity contribution in [3.05, 3.63) is 54.1 Å². The van der Waals surface area contributed by atoms with Gasteiger partial charge in [-0.25, -0.2) is 4.79 Å². The molecule has 2 aromatic carbocycles. The molecule has 3 rings (SSSR count). The van der Waals surface area contributed by atoms with Crippen LogP contribution in [-0.4, -0.2) is 45.5 Å². The van der Waals surface area contributed by atoms with Crippen LogP contribution in [0, 0.1) is 0 Å². The summed E-state index contributed by atoms with van der Waals surface area (Å²) >= 11 is 0. The van der Waals surface area contributed by atoms with Crippen LogP contribution in [0.3, 0.4) is 0 Å². The van der Waals surface area contributed by atoms with E-state index in [0.29, 0.717) is 26.4 Å². The van der Waals surface area contributed by atoms with Crippen molar-refractivity contribution < 1.29 is 14.3 Å². The molecule has 1 saturated heterocycles. The van der Waals surface area contributed by atoms with Crippen LogP contribution >= 0.6 is 0 Å². The van der Waals surface area contributed by atoms with Gasteiger partial charge < -0.3 is 25.0 Å². The smallest absolute Gasteiger partial charge is 0.319 e. The van der Waals surface area contributed by atoms with Crippen LogP contribution in [0.1, 0.15) is 26.3 Å². The Morgan fingerprint density at radius 2 is 1.86 bits per heavy atom. The Morgan fingerprint density at radius 3 is 2.62 bits per heavy atom. The van der Waals surface area contributed by atoms with E-state index in [-0.39, 0.29) is 11.4 Å². The molecular formula is C23H31N3O3. The molecule has 2 amide bonds. The molecule has 0 saturated carbocycles. The highest BCUT2D eigenvalue weighted by Crippen LogP contribution is 2.27. The molecule has 0 bridgehead atoms. The molecule has 0 unspecified atom stereocenters. The lowest BCUT2D eigenvalue weighted by atomic mass is 9.87. The lowest BCUT2D eigenvalue weighted by molar-refractivity contribution is 0.123. The molecule has 29 heavy (non-hydrogen) atoms. The minimum absolute atomic E-state index is 0.0748. The van der Waals surface area contributed by atoms with Crippen molar-refractivity contribution in [2.75, 3.05) is 49.7 Å². The monoisotopic (exact) mass is 397 g/mol. The number of nitrogens with zero attached hydrogens (tertiary/aromatic N) is 1. The molecule has 1 fully saturated rings. The maximum absolute atomic E-state index is 12.3. The second-order valence-electron chi connectivity index (χ2n) is 8.12. The van der Waals surface area contributed by atoms with E-state index in [2.05, 4.69) is 48.4 Å². The highest BCUT2D eigenvalue weighted by molar-refractivity contribution is 5.93. The Bertz CT molecular complexity index is 811. The molecule has 0 spiro atoms. The quantitative estimate of drug-likeness (QED) is 0.723. The van der Waals surface area contributed by atoms with Crippen LogP contribution in [0.25, 0.3) is 0 Å². The van der Waals surface area contributed by atoms with Gasteiger partial charge in [-0.1, -0.05) is 45.0 Å². The summed E-state index contributed by atoms with van der Waals surface area (Å²) in [5, 5.41) is 5.81. The number of para-hydroxylation sites is 2. The van der Waals surface area contributed by atoms with Crippen molar-refractivity contribution in [3.63, 3.8) is 0 Å². The van der Waals surface area contributed by atoms with Gasteiger partial charge in [-0.05, 0) is 35.2 Å². The predicted molar refractivity (Wildman–Crippen MR) is 117 cm³/mol. The first-order chi connectivity index (χ1) is 13.9. The number of hydrogen-bond donors (Lipinski definition) is 2. The Balaban J connectivity index is 1.47. The number of urea groups is 1. The summed E-state index contributed by atoms with van der Waals surface area (Å²) in [6.45, 7) is 10.4. The molecule has 1 heterocycles. The molecule has 156 valence electrons. The van der Waals surface area contributed by atoms with Gasteiger partial charge in [0.15, 0.2) is 0 Å². The molecule has 0 atom stereocenters. The number of benzene rings is 2. The molecule has 1 aliphatic heterocycles. The number of carbonyl (C=O) groups is 1. The number of amides is 2.